The van der Waals surface area contributed by atoms with Crippen LogP contribution in [0.4, 0.5) is 11.4 Å². The Balaban J connectivity index is 1.24. The van der Waals surface area contributed by atoms with Crippen LogP contribution in [-0.2, 0) is 4.79 Å². The molecular formula is C27H29N3O2. The van der Waals surface area contributed by atoms with Gasteiger partial charge in [-0.15, -0.1) is 0 Å². The van der Waals surface area contributed by atoms with Gasteiger partial charge in [-0.05, 0) is 60.9 Å². The maximum absolute atomic E-state index is 12.9. The summed E-state index contributed by atoms with van der Waals surface area (Å²) in [5.41, 5.74) is 3.78. The van der Waals surface area contributed by atoms with E-state index >= 15 is 0 Å². The van der Waals surface area contributed by atoms with Crippen LogP contribution < -0.4 is 15.1 Å². The van der Waals surface area contributed by atoms with Crippen LogP contribution in [0, 0.1) is 5.92 Å². The third-order valence-electron chi connectivity index (χ3n) is 6.87. The summed E-state index contributed by atoms with van der Waals surface area (Å²) in [6, 6.07) is 19.9. The average Bonchev–Trinajstić information content (AvgIpc) is 3.07. The maximum Gasteiger partial charge on any atom is 0.259 e. The van der Waals surface area contributed by atoms with E-state index in [1.54, 1.807) is 4.90 Å². The Kier molecular flexibility index (Phi) is 5.33. The molecule has 0 saturated carbocycles. The smallest absolute Gasteiger partial charge is 0.259 e. The van der Waals surface area contributed by atoms with Gasteiger partial charge in [-0.2, -0.15) is 0 Å². The molecule has 2 aliphatic rings. The van der Waals surface area contributed by atoms with Crippen LogP contribution in [-0.4, -0.2) is 31.4 Å². The van der Waals surface area contributed by atoms with Gasteiger partial charge in [0.05, 0.1) is 11.7 Å². The van der Waals surface area contributed by atoms with Gasteiger partial charge in [-0.1, -0.05) is 43.3 Å². The Morgan fingerprint density at radius 2 is 1.72 bits per heavy atom. The van der Waals surface area contributed by atoms with Crippen LogP contribution in [0.3, 0.4) is 0 Å². The van der Waals surface area contributed by atoms with Crippen molar-refractivity contribution in [1.82, 2.24) is 5.32 Å². The summed E-state index contributed by atoms with van der Waals surface area (Å²) in [4.78, 5) is 29.8. The number of nitrogens with zero attached hydrogens (tertiary/aromatic N) is 2. The van der Waals surface area contributed by atoms with E-state index < -0.39 is 0 Å². The lowest BCUT2D eigenvalue weighted by atomic mass is 9.98. The first-order valence-corrected chi connectivity index (χ1v) is 11.5. The average molecular weight is 428 g/mol. The predicted octanol–water partition coefficient (Wildman–Crippen LogP) is 4.91. The molecule has 0 aromatic heterocycles. The molecule has 5 nitrogen and oxygen atoms in total. The zero-order chi connectivity index (χ0) is 22.2. The van der Waals surface area contributed by atoms with Gasteiger partial charge in [-0.3, -0.25) is 14.5 Å². The van der Waals surface area contributed by atoms with Crippen molar-refractivity contribution in [3.05, 3.63) is 71.8 Å². The van der Waals surface area contributed by atoms with Gasteiger partial charge in [0.15, 0.2) is 0 Å². The van der Waals surface area contributed by atoms with Crippen molar-refractivity contribution in [3.63, 3.8) is 0 Å². The lowest BCUT2D eigenvalue weighted by molar-refractivity contribution is -0.120. The molecule has 0 spiro atoms. The molecule has 32 heavy (non-hydrogen) atoms. The van der Waals surface area contributed by atoms with E-state index in [9.17, 15) is 9.59 Å². The summed E-state index contributed by atoms with van der Waals surface area (Å²) in [6.45, 7) is 6.52. The molecule has 2 heterocycles. The van der Waals surface area contributed by atoms with Crippen LogP contribution in [0.2, 0.25) is 0 Å². The second kappa shape index (κ2) is 8.30. The Hall–Kier alpha value is -3.34. The first kappa shape index (κ1) is 20.6. The minimum atomic E-state index is -0.162. The minimum absolute atomic E-state index is 0.0149. The number of carbonyl (C=O) groups excluding carboxylic acids is 2. The second-order valence-electron chi connectivity index (χ2n) is 9.12. The molecule has 1 fully saturated rings. The van der Waals surface area contributed by atoms with Crippen molar-refractivity contribution < 1.29 is 9.59 Å². The van der Waals surface area contributed by atoms with E-state index in [1.807, 2.05) is 43.3 Å². The van der Waals surface area contributed by atoms with E-state index in [1.165, 1.54) is 18.5 Å². The molecule has 3 aromatic rings. The third-order valence-corrected chi connectivity index (χ3v) is 6.87. The molecule has 1 N–H and O–H groups in total. The lowest BCUT2D eigenvalue weighted by Crippen LogP contribution is -2.39. The molecular weight excluding hydrogens is 398 g/mol. The van der Waals surface area contributed by atoms with Crippen LogP contribution in [0.25, 0.3) is 10.8 Å². The molecule has 3 aromatic carbocycles. The fourth-order valence-electron chi connectivity index (χ4n) is 4.89. The van der Waals surface area contributed by atoms with E-state index in [0.717, 1.165) is 41.0 Å². The summed E-state index contributed by atoms with van der Waals surface area (Å²) in [6.07, 6.45) is 2.47. The van der Waals surface area contributed by atoms with Crippen LogP contribution in [0.15, 0.2) is 60.7 Å². The highest BCUT2D eigenvalue weighted by molar-refractivity contribution is 6.26. The Labute approximate surface area is 189 Å². The van der Waals surface area contributed by atoms with E-state index in [-0.39, 0.29) is 24.4 Å². The summed E-state index contributed by atoms with van der Waals surface area (Å²) in [7, 11) is 0. The summed E-state index contributed by atoms with van der Waals surface area (Å²) >= 11 is 0. The number of nitrogens with one attached hydrogen (secondary N) is 1. The number of hydrogen-bond acceptors (Lipinski definition) is 3. The molecule has 0 unspecified atom stereocenters. The predicted molar refractivity (Wildman–Crippen MR) is 129 cm³/mol. The molecule has 5 rings (SSSR count). The quantitative estimate of drug-likeness (QED) is 0.629. The fraction of sp³-hybridized carbons (Fsp3) is 0.333. The van der Waals surface area contributed by atoms with Gasteiger partial charge >= 0.3 is 0 Å². The highest BCUT2D eigenvalue weighted by Crippen LogP contribution is 2.37. The van der Waals surface area contributed by atoms with Crippen LogP contribution >= 0.6 is 0 Å². The first-order valence-electron chi connectivity index (χ1n) is 11.5. The topological polar surface area (TPSA) is 52.7 Å². The lowest BCUT2D eigenvalue weighted by Gasteiger charge is -2.32. The number of carbonyl (C=O) groups is 2. The number of rotatable bonds is 5. The largest absolute Gasteiger partial charge is 0.372 e. The summed E-state index contributed by atoms with van der Waals surface area (Å²) in [5, 5.41) is 5.02. The van der Waals surface area contributed by atoms with Crippen molar-refractivity contribution >= 4 is 34.0 Å². The van der Waals surface area contributed by atoms with Gasteiger partial charge in [0.1, 0.15) is 6.54 Å². The highest BCUT2D eigenvalue weighted by atomic mass is 16.2. The number of hydrogen-bond donors (Lipinski definition) is 1. The molecule has 0 bridgehead atoms. The summed E-state index contributed by atoms with van der Waals surface area (Å²) in [5.74, 6) is 0.535. The van der Waals surface area contributed by atoms with E-state index in [2.05, 4.69) is 41.4 Å². The van der Waals surface area contributed by atoms with Crippen molar-refractivity contribution in [2.75, 3.05) is 29.4 Å². The van der Waals surface area contributed by atoms with Crippen molar-refractivity contribution in [2.24, 2.45) is 5.92 Å². The van der Waals surface area contributed by atoms with Gasteiger partial charge < -0.3 is 10.2 Å². The number of piperidine rings is 1. The number of benzene rings is 3. The molecule has 0 aliphatic carbocycles. The second-order valence-corrected chi connectivity index (χ2v) is 9.12. The third kappa shape index (κ3) is 3.72. The van der Waals surface area contributed by atoms with Gasteiger partial charge in [0.25, 0.3) is 5.91 Å². The van der Waals surface area contributed by atoms with Crippen LogP contribution in [0.1, 0.15) is 48.7 Å². The zero-order valence-corrected chi connectivity index (χ0v) is 18.7. The van der Waals surface area contributed by atoms with Gasteiger partial charge in [0, 0.05) is 29.7 Å². The molecule has 1 saturated heterocycles. The molecule has 164 valence electrons. The maximum atomic E-state index is 12.9. The first-order chi connectivity index (χ1) is 15.5. The molecule has 5 heteroatoms. The van der Waals surface area contributed by atoms with Crippen LogP contribution in [0.5, 0.6) is 0 Å². The summed E-state index contributed by atoms with van der Waals surface area (Å²) < 4.78 is 0. The molecule has 2 aliphatic heterocycles. The molecule has 2 amide bonds. The standard InChI is InChI=1S/C27H29N3O2/c1-18-13-15-29(16-14-18)22-11-9-20(10-12-22)19(2)28-25(31)17-30-24-8-4-6-21-5-3-7-23(26(21)24)27(30)32/h3-12,18-19H,13-17H2,1-2H3,(H,28,31)/t19-/m1/s1. The van der Waals surface area contributed by atoms with Gasteiger partial charge in [0.2, 0.25) is 5.91 Å². The van der Waals surface area contributed by atoms with E-state index in [0.29, 0.717) is 5.56 Å². The van der Waals surface area contributed by atoms with E-state index in [4.69, 9.17) is 0 Å². The monoisotopic (exact) mass is 427 g/mol. The Bertz CT molecular complexity index is 1160. The zero-order valence-electron chi connectivity index (χ0n) is 18.7. The highest BCUT2D eigenvalue weighted by Gasteiger charge is 2.31. The molecule has 0 radical (unpaired) electrons. The van der Waals surface area contributed by atoms with Crippen molar-refractivity contribution in [1.29, 1.82) is 0 Å². The fourth-order valence-corrected chi connectivity index (χ4v) is 4.89. The number of anilines is 2. The minimum Gasteiger partial charge on any atom is -0.372 e. The normalized spacial score (nSPS) is 17.1. The van der Waals surface area contributed by atoms with Crippen molar-refractivity contribution in [2.45, 2.75) is 32.7 Å². The van der Waals surface area contributed by atoms with Crippen molar-refractivity contribution in [3.8, 4) is 0 Å². The SMILES string of the molecule is CC1CCN(c2ccc([C@@H](C)NC(=O)CN3C(=O)c4cccc5cccc3c45)cc2)CC1. The molecule has 1 atom stereocenters. The Morgan fingerprint density at radius 3 is 2.44 bits per heavy atom. The number of amides is 2. The Morgan fingerprint density at radius 1 is 1.03 bits per heavy atom. The van der Waals surface area contributed by atoms with Gasteiger partial charge in [-0.25, -0.2) is 0 Å².